The van der Waals surface area contributed by atoms with Gasteiger partial charge in [0.15, 0.2) is 0 Å². The molecule has 0 fully saturated rings. The lowest BCUT2D eigenvalue weighted by Gasteiger charge is -2.34. The van der Waals surface area contributed by atoms with E-state index in [-0.39, 0.29) is 0 Å². The third kappa shape index (κ3) is 1.34. The van der Waals surface area contributed by atoms with Gasteiger partial charge in [0.25, 0.3) is 0 Å². The van der Waals surface area contributed by atoms with Crippen molar-refractivity contribution in [3.63, 3.8) is 0 Å². The van der Waals surface area contributed by atoms with Gasteiger partial charge in [-0.2, -0.15) is 5.26 Å². The van der Waals surface area contributed by atoms with Crippen molar-refractivity contribution in [1.29, 1.82) is 5.26 Å². The number of hydrogen-bond acceptors (Lipinski definition) is 2. The van der Waals surface area contributed by atoms with Crippen LogP contribution in [0, 0.1) is 11.3 Å². The molecule has 1 aliphatic rings. The zero-order valence-electron chi connectivity index (χ0n) is 10.2. The third-order valence-corrected chi connectivity index (χ3v) is 3.50. The Balaban J connectivity index is 2.33. The van der Waals surface area contributed by atoms with E-state index in [9.17, 15) is 5.26 Å². The van der Waals surface area contributed by atoms with Crippen LogP contribution in [0.15, 0.2) is 48.5 Å². The molecule has 0 aliphatic carbocycles. The smallest absolute Gasteiger partial charge is 0.220 e. The van der Waals surface area contributed by atoms with Crippen molar-refractivity contribution in [2.45, 2.75) is 18.9 Å². The molecule has 2 nitrogen and oxygen atoms in total. The van der Waals surface area contributed by atoms with Gasteiger partial charge < -0.3 is 4.74 Å². The molecule has 2 heteroatoms. The number of nitriles is 1. The molecule has 1 unspecified atom stereocenters. The lowest BCUT2D eigenvalue weighted by atomic mass is 9.83. The van der Waals surface area contributed by atoms with Gasteiger partial charge in [-0.05, 0) is 11.6 Å². The average Bonchev–Trinajstić information content (AvgIpc) is 2.46. The fraction of sp³-hybridized carbons (Fsp3) is 0.188. The second-order valence-electron chi connectivity index (χ2n) is 4.44. The average molecular weight is 235 g/mol. The highest BCUT2D eigenvalue weighted by atomic mass is 16.5. The van der Waals surface area contributed by atoms with Crippen molar-refractivity contribution < 1.29 is 4.74 Å². The first-order valence-electron chi connectivity index (χ1n) is 6.10. The van der Waals surface area contributed by atoms with E-state index in [1.165, 1.54) is 0 Å². The topological polar surface area (TPSA) is 33.0 Å². The first kappa shape index (κ1) is 10.9. The molecule has 0 saturated heterocycles. The van der Waals surface area contributed by atoms with Crippen molar-refractivity contribution >= 4 is 0 Å². The van der Waals surface area contributed by atoms with E-state index in [0.717, 1.165) is 22.4 Å². The molecule has 18 heavy (non-hydrogen) atoms. The molecule has 1 aliphatic heterocycles. The molecule has 1 heterocycles. The zero-order chi connectivity index (χ0) is 12.6. The van der Waals surface area contributed by atoms with E-state index in [4.69, 9.17) is 4.74 Å². The molecule has 2 aromatic carbocycles. The summed E-state index contributed by atoms with van der Waals surface area (Å²) in [6, 6.07) is 18.2. The van der Waals surface area contributed by atoms with Crippen LogP contribution in [0.1, 0.15) is 18.9 Å². The van der Waals surface area contributed by atoms with E-state index < -0.39 is 5.60 Å². The Labute approximate surface area is 106 Å². The van der Waals surface area contributed by atoms with Gasteiger partial charge in [-0.25, -0.2) is 0 Å². The Kier molecular flexibility index (Phi) is 2.34. The minimum Gasteiger partial charge on any atom is -0.467 e. The molecular weight excluding hydrogens is 222 g/mol. The van der Waals surface area contributed by atoms with E-state index in [0.29, 0.717) is 6.42 Å². The Bertz CT molecular complexity index is 642. The van der Waals surface area contributed by atoms with E-state index in [2.05, 4.69) is 12.1 Å². The van der Waals surface area contributed by atoms with Crippen molar-refractivity contribution in [3.05, 3.63) is 54.1 Å². The van der Waals surface area contributed by atoms with Crippen molar-refractivity contribution in [2.24, 2.45) is 0 Å². The lowest BCUT2D eigenvalue weighted by Crippen LogP contribution is -2.33. The van der Waals surface area contributed by atoms with E-state index >= 15 is 0 Å². The van der Waals surface area contributed by atoms with Crippen molar-refractivity contribution in [1.82, 2.24) is 0 Å². The number of hydrogen-bond donors (Lipinski definition) is 0. The molecule has 0 saturated carbocycles. The van der Waals surface area contributed by atoms with E-state index in [1.807, 2.05) is 49.4 Å². The van der Waals surface area contributed by atoms with Crippen LogP contribution in [0.3, 0.4) is 0 Å². The van der Waals surface area contributed by atoms with E-state index in [1.54, 1.807) is 0 Å². The maximum atomic E-state index is 9.54. The maximum Gasteiger partial charge on any atom is 0.220 e. The lowest BCUT2D eigenvalue weighted by molar-refractivity contribution is 0.120. The molecule has 0 radical (unpaired) electrons. The van der Waals surface area contributed by atoms with Crippen LogP contribution in [0.2, 0.25) is 0 Å². The third-order valence-electron chi connectivity index (χ3n) is 3.50. The van der Waals surface area contributed by atoms with Gasteiger partial charge in [0, 0.05) is 17.5 Å². The summed E-state index contributed by atoms with van der Waals surface area (Å²) >= 11 is 0. The SMILES string of the molecule is CCC1(C#N)Oc2ccccc2-c2ccccc21. The molecule has 2 aromatic rings. The van der Waals surface area contributed by atoms with Crippen LogP contribution in [-0.4, -0.2) is 0 Å². The Morgan fingerprint density at radius 3 is 2.44 bits per heavy atom. The van der Waals surface area contributed by atoms with Crippen molar-refractivity contribution in [3.8, 4) is 22.9 Å². The van der Waals surface area contributed by atoms with Gasteiger partial charge in [0.1, 0.15) is 11.8 Å². The summed E-state index contributed by atoms with van der Waals surface area (Å²) in [5.74, 6) is 0.791. The van der Waals surface area contributed by atoms with Gasteiger partial charge >= 0.3 is 0 Å². The minimum absolute atomic E-state index is 0.634. The standard InChI is InChI=1S/C16H13NO/c1-2-16(11-17)14-9-5-3-7-12(14)13-8-4-6-10-15(13)18-16/h3-10H,2H2,1H3. The Morgan fingerprint density at radius 1 is 1.06 bits per heavy atom. The second-order valence-corrected chi connectivity index (χ2v) is 4.44. The number of para-hydroxylation sites is 1. The highest BCUT2D eigenvalue weighted by Gasteiger charge is 2.39. The summed E-state index contributed by atoms with van der Waals surface area (Å²) in [6.07, 6.45) is 0.634. The fourth-order valence-electron chi connectivity index (χ4n) is 2.52. The summed E-state index contributed by atoms with van der Waals surface area (Å²) in [4.78, 5) is 0. The quantitative estimate of drug-likeness (QED) is 0.751. The number of nitrogens with zero attached hydrogens (tertiary/aromatic N) is 1. The molecule has 88 valence electrons. The molecule has 1 atom stereocenters. The molecule has 0 bridgehead atoms. The fourth-order valence-corrected chi connectivity index (χ4v) is 2.52. The molecule has 3 rings (SSSR count). The Morgan fingerprint density at radius 2 is 1.72 bits per heavy atom. The number of fused-ring (bicyclic) bond motifs is 3. The van der Waals surface area contributed by atoms with Gasteiger partial charge in [-0.1, -0.05) is 49.4 Å². The normalized spacial score (nSPS) is 20.2. The van der Waals surface area contributed by atoms with Crippen LogP contribution >= 0.6 is 0 Å². The second kappa shape index (κ2) is 3.89. The van der Waals surface area contributed by atoms with Gasteiger partial charge in [0.2, 0.25) is 5.60 Å². The highest BCUT2D eigenvalue weighted by Crippen LogP contribution is 2.46. The number of benzene rings is 2. The van der Waals surface area contributed by atoms with Gasteiger partial charge in [0.05, 0.1) is 0 Å². The van der Waals surface area contributed by atoms with Crippen LogP contribution in [0.25, 0.3) is 11.1 Å². The summed E-state index contributed by atoms with van der Waals surface area (Å²) in [6.45, 7) is 1.98. The van der Waals surface area contributed by atoms with Crippen LogP contribution < -0.4 is 4.74 Å². The number of ether oxygens (including phenoxy) is 1. The molecule has 0 N–H and O–H groups in total. The first-order chi connectivity index (χ1) is 8.80. The van der Waals surface area contributed by atoms with Crippen LogP contribution in [0.5, 0.6) is 5.75 Å². The molecule has 0 amide bonds. The molecule has 0 aromatic heterocycles. The monoisotopic (exact) mass is 235 g/mol. The number of rotatable bonds is 1. The largest absolute Gasteiger partial charge is 0.467 e. The molecule has 0 spiro atoms. The summed E-state index contributed by atoms with van der Waals surface area (Å²) in [5, 5.41) is 9.54. The molecular formula is C16H13NO. The summed E-state index contributed by atoms with van der Waals surface area (Å²) in [5.41, 5.74) is 2.27. The minimum atomic E-state index is -0.856. The Hall–Kier alpha value is -2.27. The van der Waals surface area contributed by atoms with Gasteiger partial charge in [-0.15, -0.1) is 0 Å². The predicted molar refractivity (Wildman–Crippen MR) is 70.1 cm³/mol. The highest BCUT2D eigenvalue weighted by molar-refractivity contribution is 5.77. The van der Waals surface area contributed by atoms with Crippen LogP contribution in [0.4, 0.5) is 0 Å². The maximum absolute atomic E-state index is 9.54. The van der Waals surface area contributed by atoms with Gasteiger partial charge in [-0.3, -0.25) is 0 Å². The van der Waals surface area contributed by atoms with Crippen molar-refractivity contribution in [2.75, 3.05) is 0 Å². The van der Waals surface area contributed by atoms with Crippen LogP contribution in [-0.2, 0) is 5.60 Å². The first-order valence-corrected chi connectivity index (χ1v) is 6.10. The predicted octanol–water partition coefficient (Wildman–Crippen LogP) is 3.87. The summed E-state index contributed by atoms with van der Waals surface area (Å²) < 4.78 is 5.98. The summed E-state index contributed by atoms with van der Waals surface area (Å²) in [7, 11) is 0. The zero-order valence-corrected chi connectivity index (χ0v) is 10.2.